The molecular formula is C12H16N2S. The number of nitrogens with zero attached hydrogens (tertiary/aromatic N) is 2. The van der Waals surface area contributed by atoms with E-state index in [4.69, 9.17) is 5.26 Å². The van der Waals surface area contributed by atoms with Crippen molar-refractivity contribution >= 4 is 17.4 Å². The van der Waals surface area contributed by atoms with Crippen molar-refractivity contribution in [3.63, 3.8) is 0 Å². The van der Waals surface area contributed by atoms with Gasteiger partial charge in [0.1, 0.15) is 6.04 Å². The number of nitriles is 1. The summed E-state index contributed by atoms with van der Waals surface area (Å²) in [4.78, 5) is 3.25. The van der Waals surface area contributed by atoms with Crippen molar-refractivity contribution in [3.05, 3.63) is 24.3 Å². The average Bonchev–Trinajstić information content (AvgIpc) is 2.28. The van der Waals surface area contributed by atoms with Crippen LogP contribution in [0.1, 0.15) is 13.8 Å². The van der Waals surface area contributed by atoms with E-state index in [2.05, 4.69) is 37.3 Å². The van der Waals surface area contributed by atoms with Gasteiger partial charge in [0, 0.05) is 17.6 Å². The maximum Gasteiger partial charge on any atom is 0.113 e. The largest absolute Gasteiger partial charge is 0.359 e. The molecule has 0 aliphatic heterocycles. The maximum atomic E-state index is 8.81. The fraction of sp³-hybridized carbons (Fsp3) is 0.417. The normalized spacial score (nSPS) is 11.9. The Morgan fingerprint density at radius 2 is 2.00 bits per heavy atom. The van der Waals surface area contributed by atoms with Gasteiger partial charge >= 0.3 is 0 Å². The monoisotopic (exact) mass is 220 g/mol. The molecule has 0 aliphatic carbocycles. The third-order valence-corrected chi connectivity index (χ3v) is 3.22. The highest BCUT2D eigenvalue weighted by Crippen LogP contribution is 2.22. The topological polar surface area (TPSA) is 27.0 Å². The van der Waals surface area contributed by atoms with Crippen LogP contribution in [-0.4, -0.2) is 18.8 Å². The molecular weight excluding hydrogens is 204 g/mol. The first-order valence-corrected chi connectivity index (χ1v) is 6.03. The van der Waals surface area contributed by atoms with E-state index in [1.165, 1.54) is 4.90 Å². The third-order valence-electron chi connectivity index (χ3n) is 2.32. The minimum Gasteiger partial charge on any atom is -0.359 e. The van der Waals surface area contributed by atoms with Crippen LogP contribution in [0.3, 0.4) is 0 Å². The van der Waals surface area contributed by atoms with Crippen molar-refractivity contribution in [1.82, 2.24) is 0 Å². The average molecular weight is 220 g/mol. The molecule has 15 heavy (non-hydrogen) atoms. The molecule has 0 N–H and O–H groups in total. The Morgan fingerprint density at radius 3 is 2.47 bits per heavy atom. The van der Waals surface area contributed by atoms with Gasteiger partial charge in [0.2, 0.25) is 0 Å². The van der Waals surface area contributed by atoms with E-state index in [0.29, 0.717) is 0 Å². The van der Waals surface area contributed by atoms with Crippen LogP contribution in [0.25, 0.3) is 0 Å². The van der Waals surface area contributed by atoms with Gasteiger partial charge in [-0.15, -0.1) is 11.8 Å². The van der Waals surface area contributed by atoms with E-state index in [-0.39, 0.29) is 6.04 Å². The van der Waals surface area contributed by atoms with Crippen molar-refractivity contribution in [2.45, 2.75) is 24.8 Å². The van der Waals surface area contributed by atoms with Crippen LogP contribution < -0.4 is 4.90 Å². The van der Waals surface area contributed by atoms with Crippen molar-refractivity contribution < 1.29 is 0 Å². The summed E-state index contributed by atoms with van der Waals surface area (Å²) in [6.07, 6.45) is 0. The Balaban J connectivity index is 2.76. The van der Waals surface area contributed by atoms with Crippen molar-refractivity contribution in [2.75, 3.05) is 17.7 Å². The zero-order valence-corrected chi connectivity index (χ0v) is 10.2. The number of benzene rings is 1. The van der Waals surface area contributed by atoms with Gasteiger partial charge in [0.05, 0.1) is 6.07 Å². The highest BCUT2D eigenvalue weighted by atomic mass is 32.2. The van der Waals surface area contributed by atoms with Crippen LogP contribution >= 0.6 is 11.8 Å². The number of hydrogen-bond acceptors (Lipinski definition) is 3. The number of hydrogen-bond donors (Lipinski definition) is 0. The quantitative estimate of drug-likeness (QED) is 0.729. The molecule has 3 heteroatoms. The highest BCUT2D eigenvalue weighted by Gasteiger charge is 2.07. The Bertz CT molecular complexity index is 340. The van der Waals surface area contributed by atoms with Crippen molar-refractivity contribution in [3.8, 4) is 6.07 Å². The van der Waals surface area contributed by atoms with E-state index in [1.54, 1.807) is 0 Å². The molecule has 0 fully saturated rings. The Hall–Kier alpha value is -1.14. The minimum atomic E-state index is -0.0883. The smallest absolute Gasteiger partial charge is 0.113 e. The lowest BCUT2D eigenvalue weighted by Crippen LogP contribution is -2.26. The van der Waals surface area contributed by atoms with Gasteiger partial charge in [-0.05, 0) is 36.9 Å². The zero-order valence-electron chi connectivity index (χ0n) is 9.40. The molecule has 0 aromatic heterocycles. The molecule has 1 rings (SSSR count). The van der Waals surface area contributed by atoms with E-state index >= 15 is 0 Å². The van der Waals surface area contributed by atoms with Gasteiger partial charge in [0.25, 0.3) is 0 Å². The summed E-state index contributed by atoms with van der Waals surface area (Å²) in [5.74, 6) is 1.09. The first kappa shape index (κ1) is 11.9. The van der Waals surface area contributed by atoms with E-state index in [9.17, 15) is 0 Å². The molecule has 0 spiro atoms. The third kappa shape index (κ3) is 3.17. The van der Waals surface area contributed by atoms with Gasteiger partial charge in [-0.3, -0.25) is 0 Å². The number of thioether (sulfide) groups is 1. The van der Waals surface area contributed by atoms with Gasteiger partial charge in [-0.1, -0.05) is 6.92 Å². The molecule has 0 bridgehead atoms. The summed E-state index contributed by atoms with van der Waals surface area (Å²) in [5.41, 5.74) is 1.09. The van der Waals surface area contributed by atoms with Crippen LogP contribution in [0.5, 0.6) is 0 Å². The molecule has 0 radical (unpaired) electrons. The summed E-state index contributed by atoms with van der Waals surface area (Å²) in [6, 6.07) is 10.5. The Kier molecular flexibility index (Phi) is 4.51. The molecule has 0 amide bonds. The second-order valence-corrected chi connectivity index (χ2v) is 4.68. The fourth-order valence-electron chi connectivity index (χ4n) is 1.25. The molecule has 1 unspecified atom stereocenters. The zero-order chi connectivity index (χ0) is 11.3. The Morgan fingerprint density at radius 1 is 1.40 bits per heavy atom. The standard InChI is InChI=1S/C12H16N2S/c1-4-15-12-7-5-11(6-8-12)14(3)10(2)9-13/h5-8,10H,4H2,1-3H3. The molecule has 1 aromatic carbocycles. The van der Waals surface area contributed by atoms with Crippen LogP contribution in [-0.2, 0) is 0 Å². The second kappa shape index (κ2) is 5.67. The Labute approximate surface area is 95.9 Å². The first-order valence-electron chi connectivity index (χ1n) is 5.04. The van der Waals surface area contributed by atoms with Gasteiger partial charge in [-0.25, -0.2) is 0 Å². The molecule has 0 aliphatic rings. The molecule has 0 saturated carbocycles. The number of anilines is 1. The van der Waals surface area contributed by atoms with Gasteiger partial charge < -0.3 is 4.90 Å². The summed E-state index contributed by atoms with van der Waals surface area (Å²) >= 11 is 1.83. The fourth-order valence-corrected chi connectivity index (χ4v) is 1.92. The van der Waals surface area contributed by atoms with Crippen LogP contribution in [0.2, 0.25) is 0 Å². The molecule has 1 aromatic rings. The van der Waals surface area contributed by atoms with E-state index < -0.39 is 0 Å². The maximum absolute atomic E-state index is 8.81. The molecule has 1 atom stereocenters. The van der Waals surface area contributed by atoms with Gasteiger partial charge in [-0.2, -0.15) is 5.26 Å². The van der Waals surface area contributed by atoms with Crippen molar-refractivity contribution in [1.29, 1.82) is 5.26 Å². The predicted octanol–water partition coefficient (Wildman–Crippen LogP) is 3.15. The van der Waals surface area contributed by atoms with Crippen LogP contribution in [0, 0.1) is 11.3 Å². The highest BCUT2D eigenvalue weighted by molar-refractivity contribution is 7.99. The lowest BCUT2D eigenvalue weighted by atomic mass is 10.2. The minimum absolute atomic E-state index is 0.0883. The lowest BCUT2D eigenvalue weighted by Gasteiger charge is -2.21. The summed E-state index contributed by atoms with van der Waals surface area (Å²) in [7, 11) is 1.94. The van der Waals surface area contributed by atoms with E-state index in [1.807, 2.05) is 30.6 Å². The van der Waals surface area contributed by atoms with Gasteiger partial charge in [0.15, 0.2) is 0 Å². The summed E-state index contributed by atoms with van der Waals surface area (Å²) in [5, 5.41) is 8.81. The SMILES string of the molecule is CCSc1ccc(N(C)C(C)C#N)cc1. The molecule has 0 heterocycles. The number of rotatable bonds is 4. The summed E-state index contributed by atoms with van der Waals surface area (Å²) in [6.45, 7) is 4.04. The van der Waals surface area contributed by atoms with E-state index in [0.717, 1.165) is 11.4 Å². The summed E-state index contributed by atoms with van der Waals surface area (Å²) < 4.78 is 0. The predicted molar refractivity (Wildman–Crippen MR) is 66.3 cm³/mol. The second-order valence-electron chi connectivity index (χ2n) is 3.34. The molecule has 80 valence electrons. The van der Waals surface area contributed by atoms with Crippen molar-refractivity contribution in [2.24, 2.45) is 0 Å². The van der Waals surface area contributed by atoms with Crippen LogP contribution in [0.15, 0.2) is 29.2 Å². The van der Waals surface area contributed by atoms with Crippen LogP contribution in [0.4, 0.5) is 5.69 Å². The lowest BCUT2D eigenvalue weighted by molar-refractivity contribution is 0.835. The first-order chi connectivity index (χ1) is 7.19. The molecule has 2 nitrogen and oxygen atoms in total. The molecule has 0 saturated heterocycles.